The van der Waals surface area contributed by atoms with Crippen molar-refractivity contribution in [1.82, 2.24) is 0 Å². The Morgan fingerprint density at radius 3 is 0.778 bits per heavy atom. The minimum Gasteiger partial charge on any atom is -0.508 e. The molecule has 0 aliphatic rings. The van der Waals surface area contributed by atoms with E-state index in [1.165, 1.54) is 86.2 Å². The van der Waals surface area contributed by atoms with Gasteiger partial charge in [-0.25, -0.2) is 14.4 Å². The number of nitriles is 1. The number of benzene rings is 12. The van der Waals surface area contributed by atoms with E-state index in [2.05, 4.69) is 22.0 Å². The number of carboxylic acids is 2. The monoisotopic (exact) mass is 1930 g/mol. The van der Waals surface area contributed by atoms with Crippen LogP contribution in [0.1, 0.15) is 47.8 Å². The van der Waals surface area contributed by atoms with Gasteiger partial charge in [-0.05, 0) is 72.8 Å². The van der Waals surface area contributed by atoms with E-state index >= 15 is 0 Å². The molecule has 0 aromatic heterocycles. The summed E-state index contributed by atoms with van der Waals surface area (Å²) >= 11 is 44.8. The van der Waals surface area contributed by atoms with Crippen LogP contribution in [0.25, 0.3) is 0 Å². The van der Waals surface area contributed by atoms with Crippen LogP contribution in [0, 0.1) is 11.3 Å². The van der Waals surface area contributed by atoms with Crippen molar-refractivity contribution < 1.29 is 120 Å². The molecule has 0 heterocycles. The van der Waals surface area contributed by atoms with Crippen LogP contribution in [0.4, 0.5) is 0 Å². The molecule has 0 atom stereocenters. The fourth-order valence-electron chi connectivity index (χ4n) is 10.5. The van der Waals surface area contributed by atoms with Gasteiger partial charge in [-0.3, -0.25) is 0 Å². The van der Waals surface area contributed by atoms with Crippen molar-refractivity contribution >= 4 is 115 Å². The van der Waals surface area contributed by atoms with Gasteiger partial charge < -0.3 is 106 Å². The minimum absolute atomic E-state index is 0.0455. The van der Waals surface area contributed by atoms with Crippen molar-refractivity contribution in [1.29, 1.82) is 5.26 Å². The van der Waals surface area contributed by atoms with Gasteiger partial charge in [0, 0.05) is 146 Å². The lowest BCUT2D eigenvalue weighted by molar-refractivity contribution is 0.0596. The molecular weight excluding hydrogens is 1850 g/mol. The number of halogens is 8. The molecule has 0 spiro atoms. The maximum atomic E-state index is 11.9. The summed E-state index contributed by atoms with van der Waals surface area (Å²) in [6, 6.07) is 62.7. The van der Waals surface area contributed by atoms with Crippen LogP contribution in [0.2, 0.25) is 35.2 Å². The molecule has 0 aliphatic carbocycles. The fraction of sp³-hybridized carbons (Fsp3) is 0.174. The molecule has 0 radical (unpaired) electrons. The summed E-state index contributed by atoms with van der Waals surface area (Å²) in [7, 11) is 19.9. The van der Waals surface area contributed by atoms with Crippen LogP contribution in [0.3, 0.4) is 0 Å². The molecule has 34 heteroatoms. The Labute approximate surface area is 770 Å². The second-order valence-corrected chi connectivity index (χ2v) is 27.9. The molecule has 26 nitrogen and oxygen atoms in total. The van der Waals surface area contributed by atoms with E-state index in [9.17, 15) is 24.6 Å². The lowest BCUT2D eigenvalue weighted by atomic mass is 10.1. The number of carbonyl (C=O) groups is 3. The second kappa shape index (κ2) is 52.9. The third kappa shape index (κ3) is 31.3. The summed E-state index contributed by atoms with van der Waals surface area (Å²) in [5, 5.41) is 48.1. The number of rotatable bonds is 28. The molecule has 12 rings (SSSR count). The van der Waals surface area contributed by atoms with Gasteiger partial charge in [-0.15, -0.1) is 0 Å². The number of hydrogen-bond donors (Lipinski definition) is 4. The number of methoxy groups -OCH3 is 13. The van der Waals surface area contributed by atoms with Crippen LogP contribution in [0.5, 0.6) is 132 Å². The predicted octanol–water partition coefficient (Wildman–Crippen LogP) is 24.8. The Hall–Kier alpha value is -12.6. The standard InChI is InChI=1S/C16H14ClNO3.C16H15ClO5.C15H14BrClO3.C15H13ClO5.C15H15ClO4.C8H10O3.C7H4Cl2O2/c1-19-11-8-12(20-2)10-13(9-11)21-16-5-3-4-15(17)14(16)6-7-18;1-19-10-7-11(20-2)9-12(8-10)22-14-6-4-5-13(17)15(14)16(18)21-3;1-18-10-6-11(19-2)8-12(7-10)20-15-5-3-4-14(17)13(15)9-16;1-19-9-6-10(20-2)8-11(7-9)21-13-5-3-4-12(16)14(13)15(17)18;1-18-10-6-11(19-2)8-12(7-10)20-15-5-3-4-14(16)13(15)9-17;1-10-7-3-6(9)4-8(5-7)11-2;8-4-2-1-3-5(9)6(4)7(10)11/h3-5,8-10H,6H2,1-2H3;4-9H,1-3H3;3-8H,9H2,1-2H3;3-8H,1-2H3,(H,17,18);3-8,17H,9H2,1-2H3;3-5,9H,1-2H3;1-3H,(H,10,11). The van der Waals surface area contributed by atoms with Crippen LogP contribution in [-0.4, -0.2) is 131 Å². The first-order valence-electron chi connectivity index (χ1n) is 36.4. The van der Waals surface area contributed by atoms with E-state index in [1.54, 1.807) is 206 Å². The number of phenols is 1. The maximum Gasteiger partial charge on any atom is 0.343 e. The third-order valence-electron chi connectivity index (χ3n) is 16.6. The van der Waals surface area contributed by atoms with Crippen molar-refractivity contribution in [3.63, 3.8) is 0 Å². The SMILES string of the molecule is COC(=O)c1c(Cl)cccc1Oc1cc(OC)cc(OC)c1.COc1cc(O)cc(OC)c1.COc1cc(OC)cc(Oc2cccc(Cl)c2C(=O)O)c1.COc1cc(OC)cc(Oc2cccc(Cl)c2CBr)c1.COc1cc(OC)cc(Oc2cccc(Cl)c2CC#N)c1.COc1cc(OC)cc(Oc2cccc(Cl)c2CO)c1.O=C(O)c1c(Cl)cccc1Cl. The smallest absolute Gasteiger partial charge is 0.343 e. The van der Waals surface area contributed by atoms with Crippen molar-refractivity contribution in [2.75, 3.05) is 92.4 Å². The average Bonchev–Trinajstić information content (AvgIpc) is 0.793. The highest BCUT2D eigenvalue weighted by molar-refractivity contribution is 9.08. The molecule has 12 aromatic rings. The summed E-state index contributed by atoms with van der Waals surface area (Å²) in [5.74, 6) is 9.18. The van der Waals surface area contributed by atoms with Crippen LogP contribution in [0.15, 0.2) is 218 Å². The number of ether oxygens (including phenoxy) is 18. The van der Waals surface area contributed by atoms with E-state index in [4.69, 9.17) is 182 Å². The highest BCUT2D eigenvalue weighted by atomic mass is 79.9. The number of aliphatic hydroxyl groups excluding tert-OH is 1. The highest BCUT2D eigenvalue weighted by Crippen LogP contribution is 2.42. The number of alkyl halides is 1. The summed E-state index contributed by atoms with van der Waals surface area (Å²) in [5.41, 5.74) is 2.11. The van der Waals surface area contributed by atoms with Crippen LogP contribution < -0.4 is 80.5 Å². The number of hydrogen-bond acceptors (Lipinski definition) is 24. The average molecular weight is 1930 g/mol. The number of aromatic hydroxyl groups is 1. The van der Waals surface area contributed by atoms with E-state index in [-0.39, 0.29) is 67.1 Å². The van der Waals surface area contributed by atoms with Gasteiger partial charge in [0.2, 0.25) is 0 Å². The zero-order chi connectivity index (χ0) is 92.5. The first-order chi connectivity index (χ1) is 60.5. The molecule has 0 unspecified atom stereocenters. The zero-order valence-electron chi connectivity index (χ0n) is 69.7. The lowest BCUT2D eigenvalue weighted by Crippen LogP contribution is -2.04. The molecule has 0 saturated heterocycles. The van der Waals surface area contributed by atoms with Gasteiger partial charge in [0.25, 0.3) is 0 Å². The first-order valence-corrected chi connectivity index (χ1v) is 40.2. The number of aromatic carboxylic acids is 2. The Balaban J connectivity index is 0.000000230. The van der Waals surface area contributed by atoms with Gasteiger partial charge in [0.05, 0.1) is 137 Å². The molecule has 0 aliphatic heterocycles. The second-order valence-electron chi connectivity index (χ2n) is 24.5. The first kappa shape index (κ1) is 102. The molecule has 664 valence electrons. The van der Waals surface area contributed by atoms with Crippen LogP contribution in [-0.2, 0) is 23.1 Å². The van der Waals surface area contributed by atoms with Crippen molar-refractivity contribution in [3.8, 4) is 138 Å². The highest BCUT2D eigenvalue weighted by Gasteiger charge is 2.22. The van der Waals surface area contributed by atoms with E-state index in [0.29, 0.717) is 147 Å². The van der Waals surface area contributed by atoms with E-state index < -0.39 is 17.9 Å². The van der Waals surface area contributed by atoms with Gasteiger partial charge in [0.1, 0.15) is 143 Å². The molecule has 4 N–H and O–H groups in total. The molecule has 0 bridgehead atoms. The summed E-state index contributed by atoms with van der Waals surface area (Å²) in [6.45, 7) is -0.198. The lowest BCUT2D eigenvalue weighted by Gasteiger charge is -2.13. The van der Waals surface area contributed by atoms with E-state index in [1.807, 2.05) is 18.2 Å². The predicted molar refractivity (Wildman–Crippen MR) is 486 cm³/mol. The molecule has 12 aromatic carbocycles. The number of phenolic OH excluding ortho intramolecular Hbond substituents is 1. The van der Waals surface area contributed by atoms with Crippen LogP contribution >= 0.6 is 97.1 Å². The Morgan fingerprint density at radius 2 is 0.516 bits per heavy atom. The quantitative estimate of drug-likeness (QED) is 0.0261. The number of carbonyl (C=O) groups excluding carboxylic acids is 1. The normalized spacial score (nSPS) is 9.94. The molecular formula is C92H85BrCl7NO25. The third-order valence-corrected chi connectivity index (χ3v) is 19.5. The Morgan fingerprint density at radius 1 is 0.302 bits per heavy atom. The van der Waals surface area contributed by atoms with Crippen molar-refractivity contribution in [2.24, 2.45) is 0 Å². The van der Waals surface area contributed by atoms with Gasteiger partial charge in [0.15, 0.2) is 0 Å². The molecule has 126 heavy (non-hydrogen) atoms. The molecule has 0 saturated carbocycles. The largest absolute Gasteiger partial charge is 0.508 e. The maximum absolute atomic E-state index is 11.9. The number of esters is 1. The molecule has 0 amide bonds. The number of nitrogens with zero attached hydrogens (tertiary/aromatic N) is 1. The number of aliphatic hydroxyl groups is 1. The fourth-order valence-corrected chi connectivity index (χ4v) is 12.9. The van der Waals surface area contributed by atoms with Crippen molar-refractivity contribution in [3.05, 3.63) is 287 Å². The summed E-state index contributed by atoms with van der Waals surface area (Å²) in [6.07, 6.45) is 0.177. The topological polar surface area (TPSA) is 322 Å². The van der Waals surface area contributed by atoms with Gasteiger partial charge in [-0.2, -0.15) is 5.26 Å². The van der Waals surface area contributed by atoms with Gasteiger partial charge in [-0.1, -0.05) is 134 Å². The Kier molecular flexibility index (Phi) is 42.9. The summed E-state index contributed by atoms with van der Waals surface area (Å²) in [4.78, 5) is 33.6. The van der Waals surface area contributed by atoms with E-state index in [0.717, 1.165) is 5.56 Å². The molecule has 0 fully saturated rings. The summed E-state index contributed by atoms with van der Waals surface area (Å²) < 4.78 is 95.2. The zero-order valence-corrected chi connectivity index (χ0v) is 76.6. The Bertz CT molecular complexity index is 5400. The number of carboxylic acid groups (broad SMARTS) is 2. The van der Waals surface area contributed by atoms with Crippen molar-refractivity contribution in [2.45, 2.75) is 18.4 Å². The van der Waals surface area contributed by atoms with Gasteiger partial charge >= 0.3 is 17.9 Å². The minimum atomic E-state index is -1.16.